The van der Waals surface area contributed by atoms with Gasteiger partial charge in [0.15, 0.2) is 0 Å². The minimum Gasteiger partial charge on any atom is -0.337 e. The molecule has 9 heteroatoms. The van der Waals surface area contributed by atoms with Gasteiger partial charge in [0.25, 0.3) is 5.91 Å². The van der Waals surface area contributed by atoms with Crippen LogP contribution in [-0.2, 0) is 11.3 Å². The molecule has 0 bridgehead atoms. The van der Waals surface area contributed by atoms with Crippen molar-refractivity contribution in [2.45, 2.75) is 6.54 Å². The number of para-hydroxylation sites is 1. The van der Waals surface area contributed by atoms with Gasteiger partial charge in [-0.2, -0.15) is 5.10 Å². The summed E-state index contributed by atoms with van der Waals surface area (Å²) in [5, 5.41) is 7.70. The van der Waals surface area contributed by atoms with E-state index < -0.39 is 5.91 Å². The average Bonchev–Trinajstić information content (AvgIpc) is 3.13. The molecule has 2 aromatic carbocycles. The fourth-order valence-corrected chi connectivity index (χ4v) is 3.38. The van der Waals surface area contributed by atoms with Crippen LogP contribution in [0.4, 0.5) is 10.1 Å². The highest BCUT2D eigenvalue weighted by Crippen LogP contribution is 2.20. The topological polar surface area (TPSA) is 88.4 Å². The van der Waals surface area contributed by atoms with Crippen molar-refractivity contribution in [3.8, 4) is 0 Å². The number of fused-ring (bicyclic) bond motifs is 1. The highest BCUT2D eigenvalue weighted by molar-refractivity contribution is 6.32. The van der Waals surface area contributed by atoms with Gasteiger partial charge >= 0.3 is 0 Å². The third-order valence-corrected chi connectivity index (χ3v) is 4.94. The fraction of sp³-hybridized carbons (Fsp3) is 0.0435. The van der Waals surface area contributed by atoms with Crippen molar-refractivity contribution in [1.82, 2.24) is 15.0 Å². The smallest absolute Gasteiger partial charge is 0.274 e. The minimum absolute atomic E-state index is 0.0450. The minimum atomic E-state index is -0.484. The summed E-state index contributed by atoms with van der Waals surface area (Å²) < 4.78 is 14.8. The lowest BCUT2D eigenvalue weighted by molar-refractivity contribution is -0.116. The van der Waals surface area contributed by atoms with E-state index >= 15 is 0 Å². The van der Waals surface area contributed by atoms with Crippen LogP contribution in [0.2, 0.25) is 5.15 Å². The summed E-state index contributed by atoms with van der Waals surface area (Å²) in [7, 11) is 0. The maximum atomic E-state index is 13.1. The number of benzene rings is 2. The molecule has 2 aromatic heterocycles. The van der Waals surface area contributed by atoms with E-state index in [4.69, 9.17) is 11.6 Å². The Bertz CT molecular complexity index is 1320. The Morgan fingerprint density at radius 2 is 1.88 bits per heavy atom. The maximum Gasteiger partial charge on any atom is 0.274 e. The first-order valence-corrected chi connectivity index (χ1v) is 9.96. The summed E-state index contributed by atoms with van der Waals surface area (Å²) >= 11 is 5.93. The second kappa shape index (κ2) is 9.40. The average molecular weight is 450 g/mol. The molecule has 0 atom stereocenters. The number of hydrogen-bond donors (Lipinski definition) is 2. The zero-order valence-electron chi connectivity index (χ0n) is 16.6. The molecule has 0 aliphatic rings. The van der Waals surface area contributed by atoms with Crippen LogP contribution >= 0.6 is 11.6 Å². The zero-order valence-corrected chi connectivity index (χ0v) is 17.4. The van der Waals surface area contributed by atoms with Crippen molar-refractivity contribution < 1.29 is 14.0 Å². The summed E-state index contributed by atoms with van der Waals surface area (Å²) in [5.74, 6) is -1.12. The van der Waals surface area contributed by atoms with Crippen LogP contribution in [0, 0.1) is 5.82 Å². The van der Waals surface area contributed by atoms with Gasteiger partial charge in [0.2, 0.25) is 5.91 Å². The van der Waals surface area contributed by atoms with E-state index in [1.54, 1.807) is 22.9 Å². The lowest BCUT2D eigenvalue weighted by atomic mass is 10.2. The van der Waals surface area contributed by atoms with E-state index in [2.05, 4.69) is 20.8 Å². The van der Waals surface area contributed by atoms with Crippen molar-refractivity contribution >= 4 is 46.2 Å². The molecular weight excluding hydrogens is 433 g/mol. The van der Waals surface area contributed by atoms with Gasteiger partial charge in [0.1, 0.15) is 17.5 Å². The van der Waals surface area contributed by atoms with Gasteiger partial charge in [0, 0.05) is 34.5 Å². The second-order valence-corrected chi connectivity index (χ2v) is 7.18. The molecule has 160 valence electrons. The third kappa shape index (κ3) is 4.81. The summed E-state index contributed by atoms with van der Waals surface area (Å²) in [4.78, 5) is 28.6. The molecule has 0 radical (unpaired) electrons. The fourth-order valence-electron chi connectivity index (χ4n) is 3.17. The molecular formula is C23H17ClFN5O2. The molecule has 0 spiro atoms. The Balaban J connectivity index is 1.50. The van der Waals surface area contributed by atoms with Crippen LogP contribution in [0.1, 0.15) is 15.9 Å². The molecule has 0 fully saturated rings. The summed E-state index contributed by atoms with van der Waals surface area (Å²) in [6.07, 6.45) is 4.75. The number of rotatable bonds is 6. The summed E-state index contributed by atoms with van der Waals surface area (Å²) in [5.41, 5.74) is 4.69. The highest BCUT2D eigenvalue weighted by atomic mass is 35.5. The number of halogens is 2. The second-order valence-electron chi connectivity index (χ2n) is 6.83. The number of pyridine rings is 1. The number of nitrogens with one attached hydrogen (secondary N) is 2. The molecule has 7 nitrogen and oxygen atoms in total. The van der Waals surface area contributed by atoms with Crippen molar-refractivity contribution in [3.63, 3.8) is 0 Å². The van der Waals surface area contributed by atoms with Crippen molar-refractivity contribution in [2.24, 2.45) is 5.10 Å². The number of amides is 2. The molecule has 2 amide bonds. The molecule has 0 saturated carbocycles. The molecule has 0 unspecified atom stereocenters. The van der Waals surface area contributed by atoms with Crippen LogP contribution < -0.4 is 10.7 Å². The Kier molecular flexibility index (Phi) is 6.23. The maximum absolute atomic E-state index is 13.1. The summed E-state index contributed by atoms with van der Waals surface area (Å²) in [6.45, 7) is 0.0450. The van der Waals surface area contributed by atoms with Crippen molar-refractivity contribution in [2.75, 3.05) is 5.32 Å². The van der Waals surface area contributed by atoms with Gasteiger partial charge in [-0.1, -0.05) is 29.8 Å². The molecule has 32 heavy (non-hydrogen) atoms. The van der Waals surface area contributed by atoms with Crippen LogP contribution in [0.25, 0.3) is 10.9 Å². The number of nitrogens with zero attached hydrogens (tertiary/aromatic N) is 3. The first kappa shape index (κ1) is 21.2. The van der Waals surface area contributed by atoms with Crippen molar-refractivity contribution in [3.05, 3.63) is 95.2 Å². The number of aromatic nitrogens is 2. The van der Waals surface area contributed by atoms with Gasteiger partial charge in [-0.05, 0) is 42.5 Å². The van der Waals surface area contributed by atoms with Gasteiger partial charge in [-0.25, -0.2) is 14.8 Å². The molecule has 0 aliphatic carbocycles. The Morgan fingerprint density at radius 1 is 1.09 bits per heavy atom. The van der Waals surface area contributed by atoms with Gasteiger partial charge in [0.05, 0.1) is 11.8 Å². The van der Waals surface area contributed by atoms with Gasteiger partial charge < -0.3 is 9.88 Å². The summed E-state index contributed by atoms with van der Waals surface area (Å²) in [6, 6.07) is 16.2. The van der Waals surface area contributed by atoms with E-state index in [1.807, 2.05) is 24.3 Å². The van der Waals surface area contributed by atoms with E-state index in [0.717, 1.165) is 10.9 Å². The van der Waals surface area contributed by atoms with Gasteiger partial charge in [-0.15, -0.1) is 0 Å². The number of carbonyl (C=O) groups is 2. The molecule has 4 aromatic rings. The largest absolute Gasteiger partial charge is 0.337 e. The number of hydrazone groups is 1. The van der Waals surface area contributed by atoms with Crippen molar-refractivity contribution in [1.29, 1.82) is 0 Å². The van der Waals surface area contributed by atoms with Crippen LogP contribution in [0.5, 0.6) is 0 Å². The SMILES string of the molecule is O=C(Cn1cc(C=NNC(=O)c2cccnc2Cl)c2ccccc21)Nc1ccc(F)cc1. The monoisotopic (exact) mass is 449 g/mol. The molecule has 2 N–H and O–H groups in total. The Labute approximate surface area is 187 Å². The molecule has 4 rings (SSSR count). The third-order valence-electron chi connectivity index (χ3n) is 4.63. The quantitative estimate of drug-likeness (QED) is 0.262. The standard InChI is InChI=1S/C23H17ClFN5O2/c24-22-19(5-3-11-26-22)23(32)29-27-12-15-13-30(20-6-2-1-4-18(15)20)14-21(31)28-17-9-7-16(25)8-10-17/h1-13H,14H2,(H,28,31)(H,29,32). The lowest BCUT2D eigenvalue weighted by Crippen LogP contribution is -2.18. The zero-order chi connectivity index (χ0) is 22.5. The van der Waals surface area contributed by atoms with E-state index in [1.165, 1.54) is 36.7 Å². The van der Waals surface area contributed by atoms with Crippen LogP contribution in [0.3, 0.4) is 0 Å². The Hall–Kier alpha value is -4.04. The number of hydrogen-bond acceptors (Lipinski definition) is 4. The van der Waals surface area contributed by atoms with Crippen LogP contribution in [0.15, 0.2) is 78.2 Å². The van der Waals surface area contributed by atoms with E-state index in [-0.39, 0.29) is 29.0 Å². The van der Waals surface area contributed by atoms with E-state index in [0.29, 0.717) is 11.3 Å². The predicted molar refractivity (Wildman–Crippen MR) is 121 cm³/mol. The first-order valence-electron chi connectivity index (χ1n) is 9.58. The number of carbonyl (C=O) groups excluding carboxylic acids is 2. The Morgan fingerprint density at radius 3 is 2.66 bits per heavy atom. The lowest BCUT2D eigenvalue weighted by Gasteiger charge is -2.07. The van der Waals surface area contributed by atoms with Gasteiger partial charge in [-0.3, -0.25) is 9.59 Å². The first-order chi connectivity index (χ1) is 15.5. The normalized spacial score (nSPS) is 11.1. The molecule has 2 heterocycles. The molecule has 0 aliphatic heterocycles. The van der Waals surface area contributed by atoms with E-state index in [9.17, 15) is 14.0 Å². The molecule has 0 saturated heterocycles. The number of anilines is 1. The predicted octanol–water partition coefficient (Wildman–Crippen LogP) is 4.23. The van der Waals surface area contributed by atoms with Crippen LogP contribution in [-0.4, -0.2) is 27.6 Å². The highest BCUT2D eigenvalue weighted by Gasteiger charge is 2.12.